The van der Waals surface area contributed by atoms with Crippen LogP contribution >= 0.6 is 0 Å². The molecule has 1 aliphatic rings. The van der Waals surface area contributed by atoms with Gasteiger partial charge in [-0.2, -0.15) is 0 Å². The van der Waals surface area contributed by atoms with Crippen LogP contribution in [0, 0.1) is 0 Å². The fourth-order valence-corrected chi connectivity index (χ4v) is 3.70. The maximum absolute atomic E-state index is 12.7. The molecule has 2 aromatic heterocycles. The Bertz CT molecular complexity index is 1130. The van der Waals surface area contributed by atoms with Gasteiger partial charge in [-0.15, -0.1) is 0 Å². The SMILES string of the molecule is CC/C=C\c1c(OC)cc(-c2cn(C)c(=O)c3cnc(C4CC4)cc23)cc1OC. The van der Waals surface area contributed by atoms with Crippen molar-refractivity contribution in [1.82, 2.24) is 9.55 Å². The van der Waals surface area contributed by atoms with Gasteiger partial charge >= 0.3 is 0 Å². The highest BCUT2D eigenvalue weighted by atomic mass is 16.5. The molecule has 0 saturated heterocycles. The molecule has 3 aromatic rings. The second-order valence-electron chi connectivity index (χ2n) is 7.49. The average Bonchev–Trinajstić information content (AvgIpc) is 3.59. The van der Waals surface area contributed by atoms with Crippen LogP contribution in [0.4, 0.5) is 0 Å². The third-order valence-electron chi connectivity index (χ3n) is 5.46. The molecule has 1 fully saturated rings. The Balaban J connectivity index is 1.98. The van der Waals surface area contributed by atoms with Crippen molar-refractivity contribution in [1.29, 1.82) is 0 Å². The molecular formula is C24H26N2O3. The minimum absolute atomic E-state index is 0.0416. The van der Waals surface area contributed by atoms with Crippen LogP contribution in [-0.2, 0) is 7.05 Å². The van der Waals surface area contributed by atoms with Crippen LogP contribution in [-0.4, -0.2) is 23.8 Å². The van der Waals surface area contributed by atoms with Crippen LogP contribution in [0.3, 0.4) is 0 Å². The zero-order chi connectivity index (χ0) is 20.5. The van der Waals surface area contributed by atoms with Crippen LogP contribution in [0.15, 0.2) is 41.5 Å². The highest BCUT2D eigenvalue weighted by Gasteiger charge is 2.26. The number of allylic oxidation sites excluding steroid dienone is 1. The Morgan fingerprint density at radius 2 is 1.83 bits per heavy atom. The number of aryl methyl sites for hydroxylation is 1. The van der Waals surface area contributed by atoms with Crippen LogP contribution in [0.5, 0.6) is 11.5 Å². The maximum atomic E-state index is 12.7. The average molecular weight is 390 g/mol. The van der Waals surface area contributed by atoms with E-state index in [4.69, 9.17) is 9.47 Å². The van der Waals surface area contributed by atoms with Crippen molar-refractivity contribution in [2.75, 3.05) is 14.2 Å². The van der Waals surface area contributed by atoms with Crippen molar-refractivity contribution in [3.63, 3.8) is 0 Å². The minimum Gasteiger partial charge on any atom is -0.496 e. The van der Waals surface area contributed by atoms with Gasteiger partial charge in [-0.3, -0.25) is 9.78 Å². The predicted octanol–water partition coefficient (Wildman–Crippen LogP) is 4.92. The number of hydrogen-bond acceptors (Lipinski definition) is 4. The van der Waals surface area contributed by atoms with Crippen molar-refractivity contribution in [2.45, 2.75) is 32.1 Å². The van der Waals surface area contributed by atoms with E-state index in [-0.39, 0.29) is 5.56 Å². The quantitative estimate of drug-likeness (QED) is 0.600. The van der Waals surface area contributed by atoms with Crippen molar-refractivity contribution >= 4 is 16.8 Å². The molecule has 0 unspecified atom stereocenters. The largest absolute Gasteiger partial charge is 0.496 e. The summed E-state index contributed by atoms with van der Waals surface area (Å²) in [6.45, 7) is 2.09. The van der Waals surface area contributed by atoms with E-state index < -0.39 is 0 Å². The van der Waals surface area contributed by atoms with Gasteiger partial charge in [0.05, 0.1) is 25.2 Å². The Kier molecular flexibility index (Phi) is 5.14. The summed E-state index contributed by atoms with van der Waals surface area (Å²) in [5.74, 6) is 1.99. The fraction of sp³-hybridized carbons (Fsp3) is 0.333. The zero-order valence-corrected chi connectivity index (χ0v) is 17.4. The summed E-state index contributed by atoms with van der Waals surface area (Å²) < 4.78 is 13.0. The lowest BCUT2D eigenvalue weighted by Crippen LogP contribution is -2.17. The number of benzene rings is 1. The molecule has 0 radical (unpaired) electrons. The molecule has 5 nitrogen and oxygen atoms in total. The van der Waals surface area contributed by atoms with Gasteiger partial charge in [0.2, 0.25) is 0 Å². The van der Waals surface area contributed by atoms with E-state index >= 15 is 0 Å². The predicted molar refractivity (Wildman–Crippen MR) is 117 cm³/mol. The molecule has 2 heterocycles. The van der Waals surface area contributed by atoms with Gasteiger partial charge in [-0.05, 0) is 48.4 Å². The molecule has 1 aromatic carbocycles. The molecule has 1 saturated carbocycles. The standard InChI is InChI=1S/C24H26N2O3/c1-5-6-7-17-22(28-3)10-16(11-23(17)29-4)20-14-26(2)24(27)19-13-25-21(12-18(19)20)15-8-9-15/h6-7,10-15H,5,8-9H2,1-4H3/b7-6-. The molecule has 29 heavy (non-hydrogen) atoms. The van der Waals surface area contributed by atoms with Gasteiger partial charge in [-0.25, -0.2) is 0 Å². The zero-order valence-electron chi connectivity index (χ0n) is 17.4. The van der Waals surface area contributed by atoms with Gasteiger partial charge in [0, 0.05) is 36.6 Å². The van der Waals surface area contributed by atoms with E-state index in [0.717, 1.165) is 45.7 Å². The Hall–Kier alpha value is -3.08. The molecule has 0 atom stereocenters. The van der Waals surface area contributed by atoms with Crippen molar-refractivity contribution < 1.29 is 9.47 Å². The van der Waals surface area contributed by atoms with Crippen LogP contribution < -0.4 is 15.0 Å². The molecule has 4 rings (SSSR count). The van der Waals surface area contributed by atoms with Gasteiger partial charge in [0.15, 0.2) is 0 Å². The Labute approximate surface area is 170 Å². The summed E-state index contributed by atoms with van der Waals surface area (Å²) in [7, 11) is 5.10. The lowest BCUT2D eigenvalue weighted by Gasteiger charge is -2.16. The number of rotatable bonds is 6. The summed E-state index contributed by atoms with van der Waals surface area (Å²) in [4.78, 5) is 17.2. The normalized spacial score (nSPS) is 13.9. The summed E-state index contributed by atoms with van der Waals surface area (Å²) >= 11 is 0. The molecule has 0 aliphatic heterocycles. The van der Waals surface area contributed by atoms with E-state index in [9.17, 15) is 4.79 Å². The lowest BCUT2D eigenvalue weighted by molar-refractivity contribution is 0.393. The molecule has 0 N–H and O–H groups in total. The van der Waals surface area contributed by atoms with Crippen molar-refractivity contribution in [3.05, 3.63) is 58.3 Å². The fourth-order valence-electron chi connectivity index (χ4n) is 3.70. The lowest BCUT2D eigenvalue weighted by atomic mass is 9.98. The molecule has 0 bridgehead atoms. The molecule has 1 aliphatic carbocycles. The number of methoxy groups -OCH3 is 2. The first kappa shape index (κ1) is 19.2. The van der Waals surface area contributed by atoms with E-state index in [1.807, 2.05) is 24.4 Å². The number of nitrogens with zero attached hydrogens (tertiary/aromatic N) is 2. The monoisotopic (exact) mass is 390 g/mol. The second kappa shape index (κ2) is 7.74. The van der Waals surface area contributed by atoms with Gasteiger partial charge in [-0.1, -0.05) is 19.1 Å². The van der Waals surface area contributed by atoms with Crippen LogP contribution in [0.2, 0.25) is 0 Å². The first-order chi connectivity index (χ1) is 14.1. The van der Waals surface area contributed by atoms with E-state index in [2.05, 4.69) is 24.1 Å². The van der Waals surface area contributed by atoms with Gasteiger partial charge < -0.3 is 14.0 Å². The van der Waals surface area contributed by atoms with Gasteiger partial charge in [0.1, 0.15) is 11.5 Å². The smallest absolute Gasteiger partial charge is 0.259 e. The summed E-state index contributed by atoms with van der Waals surface area (Å²) in [5, 5.41) is 1.55. The molecule has 0 amide bonds. The molecule has 150 valence electrons. The third-order valence-corrected chi connectivity index (χ3v) is 5.46. The number of ether oxygens (including phenoxy) is 2. The van der Waals surface area contributed by atoms with Crippen molar-refractivity contribution in [3.8, 4) is 22.6 Å². The first-order valence-corrected chi connectivity index (χ1v) is 9.99. The Morgan fingerprint density at radius 1 is 1.14 bits per heavy atom. The summed E-state index contributed by atoms with van der Waals surface area (Å²) in [6, 6.07) is 6.09. The topological polar surface area (TPSA) is 53.4 Å². The third kappa shape index (κ3) is 3.53. The highest BCUT2D eigenvalue weighted by molar-refractivity contribution is 5.96. The van der Waals surface area contributed by atoms with Crippen molar-refractivity contribution in [2.24, 2.45) is 7.05 Å². The summed E-state index contributed by atoms with van der Waals surface area (Å²) in [5.41, 5.74) is 3.85. The van der Waals surface area contributed by atoms with E-state index in [1.165, 1.54) is 12.8 Å². The molecule has 5 heteroatoms. The summed E-state index contributed by atoms with van der Waals surface area (Å²) in [6.07, 6.45) is 11.0. The first-order valence-electron chi connectivity index (χ1n) is 9.99. The second-order valence-corrected chi connectivity index (χ2v) is 7.49. The minimum atomic E-state index is -0.0416. The maximum Gasteiger partial charge on any atom is 0.259 e. The number of hydrogen-bond donors (Lipinski definition) is 0. The van der Waals surface area contributed by atoms with Crippen LogP contribution in [0.1, 0.15) is 43.4 Å². The molecular weight excluding hydrogens is 364 g/mol. The molecule has 0 spiro atoms. The number of fused-ring (bicyclic) bond motifs is 1. The number of aromatic nitrogens is 2. The van der Waals surface area contributed by atoms with Crippen LogP contribution in [0.25, 0.3) is 28.0 Å². The van der Waals surface area contributed by atoms with Gasteiger partial charge in [0.25, 0.3) is 5.56 Å². The van der Waals surface area contributed by atoms with E-state index in [0.29, 0.717) is 11.3 Å². The highest BCUT2D eigenvalue weighted by Crippen LogP contribution is 2.41. The Morgan fingerprint density at radius 3 is 2.41 bits per heavy atom. The van der Waals surface area contributed by atoms with E-state index in [1.54, 1.807) is 32.0 Å². The number of pyridine rings is 2.